The minimum Gasteiger partial charge on any atom is -0.465 e. The fourth-order valence-corrected chi connectivity index (χ4v) is 3.37. The van der Waals surface area contributed by atoms with Gasteiger partial charge in [0.1, 0.15) is 17.7 Å². The third-order valence-electron chi connectivity index (χ3n) is 4.99. The third kappa shape index (κ3) is 3.70. The topological polar surface area (TPSA) is 97.6 Å². The van der Waals surface area contributed by atoms with Gasteiger partial charge in [-0.05, 0) is 37.0 Å². The van der Waals surface area contributed by atoms with Crippen LogP contribution in [0.5, 0.6) is 0 Å². The first-order valence-electron chi connectivity index (χ1n) is 9.71. The van der Waals surface area contributed by atoms with Crippen molar-refractivity contribution in [3.63, 3.8) is 0 Å². The Morgan fingerprint density at radius 3 is 2.73 bits per heavy atom. The first kappa shape index (κ1) is 19.8. The molecule has 0 radical (unpaired) electrons. The largest absolute Gasteiger partial charge is 0.465 e. The average Bonchev–Trinajstić information content (AvgIpc) is 3.44. The lowest BCUT2D eigenvalue weighted by Crippen LogP contribution is -2.25. The van der Waals surface area contributed by atoms with Crippen molar-refractivity contribution in [3.8, 4) is 0 Å². The van der Waals surface area contributed by atoms with E-state index in [0.29, 0.717) is 28.0 Å². The lowest BCUT2D eigenvalue weighted by Gasteiger charge is -2.13. The normalized spacial score (nSPS) is 13.5. The average molecular weight is 411 g/mol. The van der Waals surface area contributed by atoms with Gasteiger partial charge < -0.3 is 15.4 Å². The van der Waals surface area contributed by atoms with Gasteiger partial charge in [-0.3, -0.25) is 4.79 Å². The van der Waals surface area contributed by atoms with E-state index in [4.69, 9.17) is 4.74 Å². The summed E-state index contributed by atoms with van der Waals surface area (Å²) < 4.78 is 20.9. The van der Waals surface area contributed by atoms with Crippen molar-refractivity contribution in [3.05, 3.63) is 53.2 Å². The highest BCUT2D eigenvalue weighted by Crippen LogP contribution is 2.32. The fraction of sp³-hybridized carbons (Fsp3) is 0.333. The number of nitrogens with zero attached hydrogens (tertiary/aromatic N) is 3. The third-order valence-corrected chi connectivity index (χ3v) is 4.99. The van der Waals surface area contributed by atoms with E-state index in [1.54, 1.807) is 6.20 Å². The molecule has 3 aromatic rings. The monoisotopic (exact) mass is 411 g/mol. The standard InChI is InChI=1S/C21H22FN5O3/c1-11(2)17-14(21(29)30-3)9-27-18(17)19(23-10-24-27)26-16-8-12(4-7-15(16)22)20(28)25-13-5-6-13/h4,7-11,13H,5-6H2,1-3H3,(H,25,28)(H,23,24,26). The maximum atomic E-state index is 14.5. The lowest BCUT2D eigenvalue weighted by atomic mass is 10.00. The van der Waals surface area contributed by atoms with Gasteiger partial charge in [-0.2, -0.15) is 5.10 Å². The van der Waals surface area contributed by atoms with Crippen molar-refractivity contribution in [2.24, 2.45) is 0 Å². The summed E-state index contributed by atoms with van der Waals surface area (Å²) >= 11 is 0. The summed E-state index contributed by atoms with van der Waals surface area (Å²) in [5.41, 5.74) is 2.06. The van der Waals surface area contributed by atoms with E-state index in [9.17, 15) is 14.0 Å². The Hall–Kier alpha value is -3.49. The number of fused-ring (bicyclic) bond motifs is 1. The number of aromatic nitrogens is 3. The second kappa shape index (κ2) is 7.74. The molecule has 1 aliphatic carbocycles. The van der Waals surface area contributed by atoms with Gasteiger partial charge in [0.2, 0.25) is 0 Å². The van der Waals surface area contributed by atoms with Gasteiger partial charge in [-0.25, -0.2) is 18.7 Å². The SMILES string of the molecule is COC(=O)c1cn2ncnc(Nc3cc(C(=O)NC4CC4)ccc3F)c2c1C(C)C. The van der Waals surface area contributed by atoms with E-state index >= 15 is 0 Å². The molecule has 9 heteroatoms. The lowest BCUT2D eigenvalue weighted by molar-refractivity contribution is 0.0599. The Balaban J connectivity index is 1.76. The number of hydrogen-bond donors (Lipinski definition) is 2. The number of hydrogen-bond acceptors (Lipinski definition) is 6. The predicted molar refractivity (Wildman–Crippen MR) is 109 cm³/mol. The Bertz CT molecular complexity index is 1140. The van der Waals surface area contributed by atoms with Gasteiger partial charge in [0.15, 0.2) is 5.82 Å². The quantitative estimate of drug-likeness (QED) is 0.604. The van der Waals surface area contributed by atoms with Gasteiger partial charge in [0.25, 0.3) is 5.91 Å². The van der Waals surface area contributed by atoms with Crippen molar-refractivity contribution in [1.82, 2.24) is 19.9 Å². The molecule has 1 fully saturated rings. The maximum Gasteiger partial charge on any atom is 0.339 e. The van der Waals surface area contributed by atoms with Crippen LogP contribution in [0.4, 0.5) is 15.9 Å². The number of anilines is 2. The van der Waals surface area contributed by atoms with Gasteiger partial charge in [0, 0.05) is 23.4 Å². The van der Waals surface area contributed by atoms with Gasteiger partial charge in [0.05, 0.1) is 18.4 Å². The second-order valence-electron chi connectivity index (χ2n) is 7.57. The molecule has 4 rings (SSSR count). The molecule has 0 aliphatic heterocycles. The van der Waals surface area contributed by atoms with Gasteiger partial charge in [-0.15, -0.1) is 0 Å². The molecular weight excluding hydrogens is 389 g/mol. The number of carbonyl (C=O) groups excluding carboxylic acids is 2. The van der Waals surface area contributed by atoms with Crippen LogP contribution >= 0.6 is 0 Å². The Morgan fingerprint density at radius 1 is 1.30 bits per heavy atom. The second-order valence-corrected chi connectivity index (χ2v) is 7.57. The van der Waals surface area contributed by atoms with Crippen LogP contribution in [-0.4, -0.2) is 39.6 Å². The molecule has 1 amide bonds. The minimum absolute atomic E-state index is 0.0452. The van der Waals surface area contributed by atoms with Crippen molar-refractivity contribution < 1.29 is 18.7 Å². The highest BCUT2D eigenvalue weighted by Gasteiger charge is 2.25. The van der Waals surface area contributed by atoms with E-state index in [1.165, 1.54) is 36.2 Å². The number of halogens is 1. The van der Waals surface area contributed by atoms with E-state index in [1.807, 2.05) is 13.8 Å². The first-order chi connectivity index (χ1) is 14.4. The van der Waals surface area contributed by atoms with Crippen molar-refractivity contribution in [2.75, 3.05) is 12.4 Å². The number of ether oxygens (including phenoxy) is 1. The van der Waals surface area contributed by atoms with E-state index < -0.39 is 11.8 Å². The van der Waals surface area contributed by atoms with Crippen molar-refractivity contribution in [2.45, 2.75) is 38.6 Å². The molecule has 8 nitrogen and oxygen atoms in total. The summed E-state index contributed by atoms with van der Waals surface area (Å²) in [7, 11) is 1.31. The van der Waals surface area contributed by atoms with Crippen LogP contribution in [0.1, 0.15) is 58.9 Å². The number of methoxy groups -OCH3 is 1. The van der Waals surface area contributed by atoms with Crippen LogP contribution in [0.15, 0.2) is 30.7 Å². The van der Waals surface area contributed by atoms with Crippen molar-refractivity contribution in [1.29, 1.82) is 0 Å². The van der Waals surface area contributed by atoms with E-state index in [2.05, 4.69) is 20.7 Å². The number of amides is 1. The van der Waals surface area contributed by atoms with Crippen LogP contribution in [0.3, 0.4) is 0 Å². The summed E-state index contributed by atoms with van der Waals surface area (Å²) in [5.74, 6) is -0.980. The van der Waals surface area contributed by atoms with Crippen LogP contribution in [0, 0.1) is 5.82 Å². The molecule has 0 atom stereocenters. The molecule has 30 heavy (non-hydrogen) atoms. The smallest absolute Gasteiger partial charge is 0.339 e. The maximum absolute atomic E-state index is 14.5. The number of carbonyl (C=O) groups is 2. The van der Waals surface area contributed by atoms with Crippen LogP contribution in [0.2, 0.25) is 0 Å². The van der Waals surface area contributed by atoms with Crippen LogP contribution in [-0.2, 0) is 4.74 Å². The number of benzene rings is 1. The molecule has 0 unspecified atom stereocenters. The Morgan fingerprint density at radius 2 is 2.07 bits per heavy atom. The van der Waals surface area contributed by atoms with Crippen molar-refractivity contribution >= 4 is 28.9 Å². The molecule has 2 heterocycles. The molecule has 1 aliphatic rings. The molecule has 0 bridgehead atoms. The number of rotatable bonds is 6. The molecule has 0 spiro atoms. The summed E-state index contributed by atoms with van der Waals surface area (Å²) in [4.78, 5) is 28.8. The molecule has 2 aromatic heterocycles. The molecular formula is C21H22FN5O3. The number of nitrogens with one attached hydrogen (secondary N) is 2. The number of esters is 1. The molecule has 0 saturated heterocycles. The molecule has 1 saturated carbocycles. The molecule has 2 N–H and O–H groups in total. The van der Waals surface area contributed by atoms with E-state index in [-0.39, 0.29) is 23.6 Å². The molecule has 156 valence electrons. The van der Waals surface area contributed by atoms with E-state index in [0.717, 1.165) is 12.8 Å². The Kier molecular flexibility index (Phi) is 5.11. The Labute approximate surface area is 172 Å². The van der Waals surface area contributed by atoms with Crippen LogP contribution < -0.4 is 10.6 Å². The zero-order valence-electron chi connectivity index (χ0n) is 16.9. The van der Waals surface area contributed by atoms with Gasteiger partial charge >= 0.3 is 5.97 Å². The minimum atomic E-state index is -0.527. The summed E-state index contributed by atoms with van der Waals surface area (Å²) in [6.07, 6.45) is 4.80. The highest BCUT2D eigenvalue weighted by molar-refractivity contribution is 5.97. The highest BCUT2D eigenvalue weighted by atomic mass is 19.1. The summed E-state index contributed by atoms with van der Waals surface area (Å²) in [5, 5.41) is 10.0. The zero-order valence-corrected chi connectivity index (χ0v) is 16.9. The van der Waals surface area contributed by atoms with Crippen LogP contribution in [0.25, 0.3) is 5.52 Å². The summed E-state index contributed by atoms with van der Waals surface area (Å²) in [6.45, 7) is 3.87. The summed E-state index contributed by atoms with van der Waals surface area (Å²) in [6, 6.07) is 4.33. The molecule has 1 aromatic carbocycles. The zero-order chi connectivity index (χ0) is 21.4. The predicted octanol–water partition coefficient (Wildman–Crippen LogP) is 3.41. The first-order valence-corrected chi connectivity index (χ1v) is 9.71. The fourth-order valence-electron chi connectivity index (χ4n) is 3.37. The van der Waals surface area contributed by atoms with Gasteiger partial charge in [-0.1, -0.05) is 13.8 Å².